The second-order valence-corrected chi connectivity index (χ2v) is 7.81. The molecule has 3 heterocycles. The first-order valence-electron chi connectivity index (χ1n) is 9.08. The molecular formula is C17H21F3N4O3. The molecule has 148 valence electrons. The second kappa shape index (κ2) is 6.50. The predicted molar refractivity (Wildman–Crippen MR) is 86.5 cm³/mol. The lowest BCUT2D eigenvalue weighted by atomic mass is 10.0. The SMILES string of the molecule is O=C(O)C1CC2CN(CC(=O)N3CCc4c(C(F)(F)F)n[nH]c4C3)CC2C1. The number of aromatic nitrogens is 2. The number of rotatable bonds is 3. The van der Waals surface area contributed by atoms with Crippen molar-refractivity contribution in [2.45, 2.75) is 32.0 Å². The van der Waals surface area contributed by atoms with Gasteiger partial charge in [-0.3, -0.25) is 19.6 Å². The van der Waals surface area contributed by atoms with Gasteiger partial charge in [-0.2, -0.15) is 18.3 Å². The standard InChI is InChI=1S/C17H21F3N4O3/c18-17(19,20)15-12-1-2-24(7-13(12)21-22-15)14(25)8-23-5-10-3-9(16(26)27)4-11(10)6-23/h9-11H,1-8H2,(H,21,22)(H,26,27). The Morgan fingerprint density at radius 2 is 1.89 bits per heavy atom. The van der Waals surface area contributed by atoms with Gasteiger partial charge in [0, 0.05) is 25.2 Å². The number of carbonyl (C=O) groups is 2. The molecule has 7 nitrogen and oxygen atoms in total. The molecular weight excluding hydrogens is 365 g/mol. The third-order valence-electron chi connectivity index (χ3n) is 6.09. The van der Waals surface area contributed by atoms with E-state index in [9.17, 15) is 22.8 Å². The molecule has 0 aromatic carbocycles. The molecule has 1 saturated carbocycles. The minimum Gasteiger partial charge on any atom is -0.481 e. The number of hydrogen-bond donors (Lipinski definition) is 2. The third-order valence-corrected chi connectivity index (χ3v) is 6.09. The Kier molecular flexibility index (Phi) is 4.40. The molecule has 1 aliphatic carbocycles. The number of hydrogen-bond acceptors (Lipinski definition) is 4. The normalized spacial score (nSPS) is 28.3. The van der Waals surface area contributed by atoms with E-state index in [0.717, 1.165) is 0 Å². The Morgan fingerprint density at radius 3 is 2.48 bits per heavy atom. The van der Waals surface area contributed by atoms with Crippen molar-refractivity contribution < 1.29 is 27.9 Å². The summed E-state index contributed by atoms with van der Waals surface area (Å²) in [7, 11) is 0. The van der Waals surface area contributed by atoms with Crippen molar-refractivity contribution in [1.82, 2.24) is 20.0 Å². The molecule has 27 heavy (non-hydrogen) atoms. The number of fused-ring (bicyclic) bond motifs is 2. The van der Waals surface area contributed by atoms with E-state index in [1.807, 2.05) is 4.90 Å². The minimum absolute atomic E-state index is 0.110. The first-order valence-corrected chi connectivity index (χ1v) is 9.08. The quantitative estimate of drug-likeness (QED) is 0.819. The van der Waals surface area contributed by atoms with Crippen molar-refractivity contribution in [2.24, 2.45) is 17.8 Å². The number of H-pyrrole nitrogens is 1. The number of carboxylic acids is 1. The Labute approximate surface area is 153 Å². The zero-order chi connectivity index (χ0) is 19.3. The Bertz CT molecular complexity index is 749. The van der Waals surface area contributed by atoms with Crippen LogP contribution >= 0.6 is 0 Å². The van der Waals surface area contributed by atoms with Crippen molar-refractivity contribution in [3.63, 3.8) is 0 Å². The molecule has 1 amide bonds. The summed E-state index contributed by atoms with van der Waals surface area (Å²) in [5, 5.41) is 14.9. The first-order chi connectivity index (χ1) is 12.7. The zero-order valence-electron chi connectivity index (χ0n) is 14.6. The van der Waals surface area contributed by atoms with Gasteiger partial charge in [0.2, 0.25) is 5.91 Å². The molecule has 1 aromatic rings. The summed E-state index contributed by atoms with van der Waals surface area (Å²) in [5.74, 6) is -0.503. The predicted octanol–water partition coefficient (Wildman–Crippen LogP) is 1.36. The highest BCUT2D eigenvalue weighted by Crippen LogP contribution is 2.41. The fourth-order valence-electron chi connectivity index (χ4n) is 4.78. The van der Waals surface area contributed by atoms with E-state index >= 15 is 0 Å². The smallest absolute Gasteiger partial charge is 0.435 e. The van der Waals surface area contributed by atoms with Crippen molar-refractivity contribution in [2.75, 3.05) is 26.2 Å². The van der Waals surface area contributed by atoms with Crippen LogP contribution in [0.25, 0.3) is 0 Å². The lowest BCUT2D eigenvalue weighted by Crippen LogP contribution is -2.42. The Hall–Kier alpha value is -2.10. The van der Waals surface area contributed by atoms with Crippen LogP contribution in [0.15, 0.2) is 0 Å². The zero-order valence-corrected chi connectivity index (χ0v) is 14.6. The van der Waals surface area contributed by atoms with Crippen LogP contribution < -0.4 is 0 Å². The highest BCUT2D eigenvalue weighted by atomic mass is 19.4. The number of nitrogens with one attached hydrogen (secondary N) is 1. The van der Waals surface area contributed by atoms with E-state index in [-0.39, 0.29) is 43.4 Å². The summed E-state index contributed by atoms with van der Waals surface area (Å²) >= 11 is 0. The number of aromatic amines is 1. The molecule has 2 aliphatic heterocycles. The molecule has 3 aliphatic rings. The molecule has 2 atom stereocenters. The Morgan fingerprint density at radius 1 is 1.22 bits per heavy atom. The fraction of sp³-hybridized carbons (Fsp3) is 0.706. The average Bonchev–Trinajstić information content (AvgIpc) is 3.25. The van der Waals surface area contributed by atoms with Gasteiger partial charge in [-0.1, -0.05) is 0 Å². The van der Waals surface area contributed by atoms with E-state index in [1.165, 1.54) is 0 Å². The van der Waals surface area contributed by atoms with Gasteiger partial charge < -0.3 is 10.0 Å². The highest BCUT2D eigenvalue weighted by molar-refractivity contribution is 5.78. The number of carbonyl (C=O) groups excluding carboxylic acids is 1. The lowest BCUT2D eigenvalue weighted by Gasteiger charge is -2.29. The van der Waals surface area contributed by atoms with Crippen LogP contribution in [0.2, 0.25) is 0 Å². The number of amides is 1. The molecule has 1 saturated heterocycles. The average molecular weight is 386 g/mol. The van der Waals surface area contributed by atoms with Gasteiger partial charge in [0.05, 0.1) is 24.7 Å². The van der Waals surface area contributed by atoms with Gasteiger partial charge in [-0.05, 0) is 31.1 Å². The summed E-state index contributed by atoms with van der Waals surface area (Å²) in [6.07, 6.45) is -3.03. The van der Waals surface area contributed by atoms with Crippen LogP contribution in [-0.4, -0.2) is 63.2 Å². The molecule has 2 fully saturated rings. The summed E-state index contributed by atoms with van der Waals surface area (Å²) in [6.45, 7) is 2.00. The topological polar surface area (TPSA) is 89.5 Å². The van der Waals surface area contributed by atoms with E-state index in [1.54, 1.807) is 4.90 Å². The van der Waals surface area contributed by atoms with Crippen LogP contribution in [0.5, 0.6) is 0 Å². The van der Waals surface area contributed by atoms with Crippen LogP contribution in [0, 0.1) is 17.8 Å². The van der Waals surface area contributed by atoms with Gasteiger partial charge >= 0.3 is 12.1 Å². The summed E-state index contributed by atoms with van der Waals surface area (Å²) < 4.78 is 38.8. The van der Waals surface area contributed by atoms with E-state index in [2.05, 4.69) is 10.2 Å². The van der Waals surface area contributed by atoms with E-state index in [4.69, 9.17) is 5.11 Å². The number of aliphatic carboxylic acids is 1. The van der Waals surface area contributed by atoms with Gasteiger partial charge in [0.1, 0.15) is 0 Å². The number of likely N-dealkylation sites (tertiary alicyclic amines) is 1. The molecule has 4 rings (SSSR count). The van der Waals surface area contributed by atoms with Crippen molar-refractivity contribution in [3.8, 4) is 0 Å². The maximum absolute atomic E-state index is 12.9. The third kappa shape index (κ3) is 3.42. The number of halogens is 3. The van der Waals surface area contributed by atoms with Crippen LogP contribution in [0.4, 0.5) is 13.2 Å². The van der Waals surface area contributed by atoms with E-state index < -0.39 is 17.8 Å². The largest absolute Gasteiger partial charge is 0.481 e. The van der Waals surface area contributed by atoms with Crippen molar-refractivity contribution >= 4 is 11.9 Å². The van der Waals surface area contributed by atoms with Gasteiger partial charge in [-0.25, -0.2) is 0 Å². The van der Waals surface area contributed by atoms with Gasteiger partial charge in [0.15, 0.2) is 5.69 Å². The minimum atomic E-state index is -4.49. The molecule has 2 N–H and O–H groups in total. The number of nitrogens with zero attached hydrogens (tertiary/aromatic N) is 3. The monoisotopic (exact) mass is 386 g/mol. The molecule has 2 unspecified atom stereocenters. The van der Waals surface area contributed by atoms with Gasteiger partial charge in [-0.15, -0.1) is 0 Å². The highest BCUT2D eigenvalue weighted by Gasteiger charge is 2.44. The summed E-state index contributed by atoms with van der Waals surface area (Å²) in [4.78, 5) is 27.3. The molecule has 0 bridgehead atoms. The van der Waals surface area contributed by atoms with Crippen molar-refractivity contribution in [3.05, 3.63) is 17.0 Å². The number of alkyl halides is 3. The second-order valence-electron chi connectivity index (χ2n) is 7.81. The van der Waals surface area contributed by atoms with Crippen LogP contribution in [0.1, 0.15) is 29.8 Å². The summed E-state index contributed by atoms with van der Waals surface area (Å²) in [5.41, 5.74) is -0.378. The van der Waals surface area contributed by atoms with Crippen LogP contribution in [-0.2, 0) is 28.7 Å². The first kappa shape index (κ1) is 18.3. The molecule has 1 aromatic heterocycles. The summed E-state index contributed by atoms with van der Waals surface area (Å²) in [6, 6.07) is 0. The van der Waals surface area contributed by atoms with Crippen molar-refractivity contribution in [1.29, 1.82) is 0 Å². The fourth-order valence-corrected chi connectivity index (χ4v) is 4.78. The maximum Gasteiger partial charge on any atom is 0.435 e. The van der Waals surface area contributed by atoms with Crippen LogP contribution in [0.3, 0.4) is 0 Å². The molecule has 0 radical (unpaired) electrons. The Balaban J connectivity index is 1.33. The maximum atomic E-state index is 12.9. The molecule has 0 spiro atoms. The molecule has 10 heteroatoms. The van der Waals surface area contributed by atoms with E-state index in [0.29, 0.717) is 43.5 Å². The van der Waals surface area contributed by atoms with Gasteiger partial charge in [0.25, 0.3) is 0 Å². The lowest BCUT2D eigenvalue weighted by molar-refractivity contribution is -0.143. The number of carboxylic acid groups (broad SMARTS) is 1.